The van der Waals surface area contributed by atoms with Gasteiger partial charge in [0.25, 0.3) is 0 Å². The third-order valence-corrected chi connectivity index (χ3v) is 2.53. The predicted molar refractivity (Wildman–Crippen MR) is 64.4 cm³/mol. The van der Waals surface area contributed by atoms with Gasteiger partial charge in [-0.15, -0.1) is 0 Å². The Hall–Kier alpha value is -1.13. The third-order valence-electron chi connectivity index (χ3n) is 2.17. The molecule has 5 heteroatoms. The lowest BCUT2D eigenvalue weighted by molar-refractivity contribution is -0.142. The molecule has 94 valence electrons. The van der Waals surface area contributed by atoms with Crippen LogP contribution >= 0.6 is 11.6 Å². The zero-order chi connectivity index (χ0) is 12.7. The van der Waals surface area contributed by atoms with Gasteiger partial charge in [-0.1, -0.05) is 17.7 Å². The SMILES string of the molecule is CCOC(=O)CCNCc1c(F)cccc1Cl. The van der Waals surface area contributed by atoms with Crippen molar-refractivity contribution in [3.05, 3.63) is 34.6 Å². The highest BCUT2D eigenvalue weighted by atomic mass is 35.5. The molecular weight excluding hydrogens is 245 g/mol. The van der Waals surface area contributed by atoms with Crippen molar-refractivity contribution >= 4 is 17.6 Å². The van der Waals surface area contributed by atoms with E-state index in [9.17, 15) is 9.18 Å². The average molecular weight is 260 g/mol. The monoisotopic (exact) mass is 259 g/mol. The van der Waals surface area contributed by atoms with Crippen LogP contribution in [0.1, 0.15) is 18.9 Å². The lowest BCUT2D eigenvalue weighted by atomic mass is 10.2. The van der Waals surface area contributed by atoms with Gasteiger partial charge in [-0.3, -0.25) is 4.79 Å². The topological polar surface area (TPSA) is 38.3 Å². The second-order valence-corrected chi connectivity index (χ2v) is 3.84. The summed E-state index contributed by atoms with van der Waals surface area (Å²) < 4.78 is 18.1. The first-order valence-corrected chi connectivity index (χ1v) is 5.82. The molecule has 0 saturated carbocycles. The quantitative estimate of drug-likeness (QED) is 0.630. The van der Waals surface area contributed by atoms with E-state index in [2.05, 4.69) is 5.32 Å². The van der Waals surface area contributed by atoms with Crippen LogP contribution in [0.5, 0.6) is 0 Å². The molecule has 0 unspecified atom stereocenters. The van der Waals surface area contributed by atoms with E-state index in [4.69, 9.17) is 16.3 Å². The standard InChI is InChI=1S/C12H15ClFNO2/c1-2-17-12(16)6-7-15-8-9-10(13)4-3-5-11(9)14/h3-5,15H,2,6-8H2,1H3. The van der Waals surface area contributed by atoms with Crippen LogP contribution in [-0.4, -0.2) is 19.1 Å². The molecule has 0 saturated heterocycles. The van der Waals surface area contributed by atoms with E-state index in [1.807, 2.05) is 0 Å². The molecule has 0 aromatic heterocycles. The highest BCUT2D eigenvalue weighted by Gasteiger charge is 2.06. The lowest BCUT2D eigenvalue weighted by Gasteiger charge is -2.07. The summed E-state index contributed by atoms with van der Waals surface area (Å²) in [6.07, 6.45) is 0.264. The largest absolute Gasteiger partial charge is 0.466 e. The Morgan fingerprint density at radius 1 is 1.53 bits per heavy atom. The number of carbonyl (C=O) groups is 1. The number of benzene rings is 1. The summed E-state index contributed by atoms with van der Waals surface area (Å²) in [5, 5.41) is 3.33. The molecule has 0 aliphatic heterocycles. The van der Waals surface area contributed by atoms with Crippen molar-refractivity contribution < 1.29 is 13.9 Å². The minimum absolute atomic E-state index is 0.264. The number of hydrogen-bond acceptors (Lipinski definition) is 3. The van der Waals surface area contributed by atoms with E-state index in [1.54, 1.807) is 19.1 Å². The Kier molecular flexibility index (Phi) is 5.94. The summed E-state index contributed by atoms with van der Waals surface area (Å²) in [6.45, 7) is 2.86. The molecule has 0 aliphatic rings. The van der Waals surface area contributed by atoms with Crippen LogP contribution in [0.3, 0.4) is 0 Å². The van der Waals surface area contributed by atoms with Gasteiger partial charge in [0, 0.05) is 23.7 Å². The highest BCUT2D eigenvalue weighted by molar-refractivity contribution is 6.31. The van der Waals surface area contributed by atoms with E-state index < -0.39 is 0 Å². The van der Waals surface area contributed by atoms with Crippen molar-refractivity contribution in [3.63, 3.8) is 0 Å². The van der Waals surface area contributed by atoms with Crippen LogP contribution in [0.15, 0.2) is 18.2 Å². The van der Waals surface area contributed by atoms with Gasteiger partial charge < -0.3 is 10.1 Å². The maximum Gasteiger partial charge on any atom is 0.307 e. The molecular formula is C12H15ClFNO2. The van der Waals surface area contributed by atoms with Crippen molar-refractivity contribution in [2.45, 2.75) is 19.9 Å². The van der Waals surface area contributed by atoms with Crippen molar-refractivity contribution in [1.82, 2.24) is 5.32 Å². The van der Waals surface area contributed by atoms with Crippen LogP contribution in [0.25, 0.3) is 0 Å². The average Bonchev–Trinajstić information content (AvgIpc) is 2.28. The summed E-state index contributed by atoms with van der Waals surface area (Å²) in [6, 6.07) is 4.54. The molecule has 0 spiro atoms. The minimum Gasteiger partial charge on any atom is -0.466 e. The van der Waals surface area contributed by atoms with Gasteiger partial charge >= 0.3 is 5.97 Å². The molecule has 0 bridgehead atoms. The summed E-state index contributed by atoms with van der Waals surface area (Å²) in [5.41, 5.74) is 0.415. The van der Waals surface area contributed by atoms with Crippen molar-refractivity contribution in [3.8, 4) is 0 Å². The highest BCUT2D eigenvalue weighted by Crippen LogP contribution is 2.18. The van der Waals surface area contributed by atoms with E-state index >= 15 is 0 Å². The van der Waals surface area contributed by atoms with Gasteiger partial charge in [0.15, 0.2) is 0 Å². The van der Waals surface area contributed by atoms with E-state index in [1.165, 1.54) is 6.07 Å². The second-order valence-electron chi connectivity index (χ2n) is 3.43. The normalized spacial score (nSPS) is 10.3. The van der Waals surface area contributed by atoms with Crippen LogP contribution < -0.4 is 5.32 Å². The first kappa shape index (κ1) is 13.9. The number of rotatable bonds is 6. The molecule has 0 fully saturated rings. The maximum atomic E-state index is 13.3. The van der Waals surface area contributed by atoms with Gasteiger partial charge in [0.05, 0.1) is 13.0 Å². The smallest absolute Gasteiger partial charge is 0.307 e. The molecule has 0 amide bonds. The van der Waals surface area contributed by atoms with Crippen LogP contribution in [0.2, 0.25) is 5.02 Å². The summed E-state index contributed by atoms with van der Waals surface area (Å²) in [5.74, 6) is -0.610. The Labute approximate surface area is 105 Å². The first-order valence-electron chi connectivity index (χ1n) is 5.44. The maximum absolute atomic E-state index is 13.3. The fourth-order valence-corrected chi connectivity index (χ4v) is 1.57. The molecule has 17 heavy (non-hydrogen) atoms. The molecule has 0 radical (unpaired) electrons. The molecule has 1 aromatic rings. The van der Waals surface area contributed by atoms with Crippen LogP contribution in [0, 0.1) is 5.82 Å². The summed E-state index contributed by atoms with van der Waals surface area (Å²) in [4.78, 5) is 11.0. The number of hydrogen-bond donors (Lipinski definition) is 1. The van der Waals surface area contributed by atoms with Gasteiger partial charge in [0.1, 0.15) is 5.82 Å². The molecule has 0 aliphatic carbocycles. The fourth-order valence-electron chi connectivity index (χ4n) is 1.34. The molecule has 1 aromatic carbocycles. The summed E-state index contributed by atoms with van der Waals surface area (Å²) >= 11 is 5.85. The Morgan fingerprint density at radius 3 is 2.94 bits per heavy atom. The molecule has 1 N–H and O–H groups in total. The number of ether oxygens (including phenoxy) is 1. The van der Waals surface area contributed by atoms with Crippen molar-refractivity contribution in [2.24, 2.45) is 0 Å². The van der Waals surface area contributed by atoms with E-state index in [-0.39, 0.29) is 18.2 Å². The Morgan fingerprint density at radius 2 is 2.29 bits per heavy atom. The molecule has 3 nitrogen and oxygen atoms in total. The zero-order valence-corrected chi connectivity index (χ0v) is 10.4. The lowest BCUT2D eigenvalue weighted by Crippen LogP contribution is -2.19. The van der Waals surface area contributed by atoms with Crippen LogP contribution in [0.4, 0.5) is 4.39 Å². The Balaban J connectivity index is 2.34. The minimum atomic E-state index is -0.346. The second kappa shape index (κ2) is 7.25. The van der Waals surface area contributed by atoms with Crippen LogP contribution in [-0.2, 0) is 16.1 Å². The van der Waals surface area contributed by atoms with Gasteiger partial charge in [0.2, 0.25) is 0 Å². The number of halogens is 2. The molecule has 1 rings (SSSR count). The third kappa shape index (κ3) is 4.71. The Bertz CT molecular complexity index is 365. The fraction of sp³-hybridized carbons (Fsp3) is 0.417. The van der Waals surface area contributed by atoms with Gasteiger partial charge in [-0.05, 0) is 19.1 Å². The summed E-state index contributed by atoms with van der Waals surface area (Å²) in [7, 11) is 0. The predicted octanol–water partition coefficient (Wildman–Crippen LogP) is 2.52. The molecule has 0 atom stereocenters. The van der Waals surface area contributed by atoms with E-state index in [0.717, 1.165) is 0 Å². The van der Waals surface area contributed by atoms with Crippen molar-refractivity contribution in [2.75, 3.05) is 13.2 Å². The molecule has 0 heterocycles. The van der Waals surface area contributed by atoms with Gasteiger partial charge in [-0.2, -0.15) is 0 Å². The van der Waals surface area contributed by atoms with E-state index in [0.29, 0.717) is 30.3 Å². The van der Waals surface area contributed by atoms with Crippen molar-refractivity contribution in [1.29, 1.82) is 0 Å². The first-order chi connectivity index (χ1) is 8.15. The van der Waals surface area contributed by atoms with Gasteiger partial charge in [-0.25, -0.2) is 4.39 Å². The number of esters is 1. The number of nitrogens with one attached hydrogen (secondary N) is 1. The number of carbonyl (C=O) groups excluding carboxylic acids is 1. The zero-order valence-electron chi connectivity index (χ0n) is 9.63.